The van der Waals surface area contributed by atoms with E-state index in [1.165, 1.54) is 5.56 Å². The summed E-state index contributed by atoms with van der Waals surface area (Å²) in [6.45, 7) is 4.87. The summed E-state index contributed by atoms with van der Waals surface area (Å²) in [4.78, 5) is 0. The van der Waals surface area contributed by atoms with Gasteiger partial charge in [0.05, 0.1) is 29.0 Å². The fourth-order valence-electron chi connectivity index (χ4n) is 2.88. The first-order chi connectivity index (χ1) is 10.1. The Bertz CT molecular complexity index is 638. The molecule has 2 heterocycles. The van der Waals surface area contributed by atoms with Gasteiger partial charge in [0.2, 0.25) is 0 Å². The maximum atomic E-state index is 6.54. The molecule has 5 heteroatoms. The number of aromatic nitrogens is 2. The molecule has 0 saturated carbocycles. The first-order valence-electron chi connectivity index (χ1n) is 7.27. The van der Waals surface area contributed by atoms with Crippen molar-refractivity contribution >= 4 is 15.9 Å². The number of fused-ring (bicyclic) bond motifs is 1. The van der Waals surface area contributed by atoms with Crippen molar-refractivity contribution in [2.45, 2.75) is 32.4 Å². The third-order valence-electron chi connectivity index (χ3n) is 4.01. The van der Waals surface area contributed by atoms with Crippen LogP contribution in [0.3, 0.4) is 0 Å². The third-order valence-corrected chi connectivity index (χ3v) is 4.62. The van der Waals surface area contributed by atoms with Crippen LogP contribution in [-0.4, -0.2) is 16.4 Å². The van der Waals surface area contributed by atoms with Crippen LogP contribution in [0.4, 0.5) is 0 Å². The fraction of sp³-hybridized carbons (Fsp3) is 0.438. The highest BCUT2D eigenvalue weighted by Crippen LogP contribution is 2.35. The maximum Gasteiger partial charge on any atom is 0.122 e. The lowest BCUT2D eigenvalue weighted by molar-refractivity contribution is 0.195. The summed E-state index contributed by atoms with van der Waals surface area (Å²) < 4.78 is 8.84. The van der Waals surface area contributed by atoms with Gasteiger partial charge in [-0.1, -0.05) is 18.2 Å². The summed E-state index contributed by atoms with van der Waals surface area (Å²) in [5.74, 6) is 1.24. The van der Waals surface area contributed by atoms with E-state index in [0.29, 0.717) is 6.61 Å². The Morgan fingerprint density at radius 2 is 2.14 bits per heavy atom. The number of ether oxygens (including phenoxy) is 1. The average molecular weight is 350 g/mol. The SMILES string of the molecule is CC(C)n1ncc(Br)c1C(N)C1COc2ccccc2C1. The van der Waals surface area contributed by atoms with Gasteiger partial charge in [0.15, 0.2) is 0 Å². The average Bonchev–Trinajstić information content (AvgIpc) is 2.88. The van der Waals surface area contributed by atoms with Crippen LogP contribution < -0.4 is 10.5 Å². The molecule has 2 atom stereocenters. The van der Waals surface area contributed by atoms with E-state index < -0.39 is 0 Å². The van der Waals surface area contributed by atoms with Crippen LogP contribution in [0.15, 0.2) is 34.9 Å². The van der Waals surface area contributed by atoms with Gasteiger partial charge in [-0.15, -0.1) is 0 Å². The van der Waals surface area contributed by atoms with Gasteiger partial charge in [0.1, 0.15) is 5.75 Å². The van der Waals surface area contributed by atoms with Crippen LogP contribution in [0, 0.1) is 5.92 Å². The number of nitrogens with zero attached hydrogens (tertiary/aromatic N) is 2. The molecular formula is C16H20BrN3O. The second-order valence-electron chi connectivity index (χ2n) is 5.82. The van der Waals surface area contributed by atoms with Crippen molar-refractivity contribution in [2.24, 2.45) is 11.7 Å². The molecule has 0 spiro atoms. The van der Waals surface area contributed by atoms with Gasteiger partial charge in [-0.25, -0.2) is 0 Å². The maximum absolute atomic E-state index is 6.54. The number of halogens is 1. The predicted molar refractivity (Wildman–Crippen MR) is 86.4 cm³/mol. The normalized spacial score (nSPS) is 19.2. The molecule has 1 aliphatic heterocycles. The monoisotopic (exact) mass is 349 g/mol. The predicted octanol–water partition coefficient (Wildman–Crippen LogP) is 3.48. The minimum atomic E-state index is -0.0994. The van der Waals surface area contributed by atoms with E-state index in [1.807, 2.05) is 29.1 Å². The topological polar surface area (TPSA) is 53.1 Å². The van der Waals surface area contributed by atoms with Crippen LogP contribution in [0.2, 0.25) is 0 Å². The molecule has 2 unspecified atom stereocenters. The van der Waals surface area contributed by atoms with E-state index in [9.17, 15) is 0 Å². The van der Waals surface area contributed by atoms with Crippen molar-refractivity contribution in [1.29, 1.82) is 0 Å². The second kappa shape index (κ2) is 5.81. The molecule has 21 heavy (non-hydrogen) atoms. The summed E-state index contributed by atoms with van der Waals surface area (Å²) >= 11 is 3.58. The second-order valence-corrected chi connectivity index (χ2v) is 6.68. The molecule has 112 valence electrons. The summed E-state index contributed by atoms with van der Waals surface area (Å²) in [7, 11) is 0. The van der Waals surface area contributed by atoms with E-state index in [4.69, 9.17) is 10.5 Å². The van der Waals surface area contributed by atoms with Crippen molar-refractivity contribution in [3.63, 3.8) is 0 Å². The van der Waals surface area contributed by atoms with Crippen molar-refractivity contribution in [2.75, 3.05) is 6.61 Å². The van der Waals surface area contributed by atoms with E-state index in [1.54, 1.807) is 0 Å². The van der Waals surface area contributed by atoms with Crippen molar-refractivity contribution < 1.29 is 4.74 Å². The number of hydrogen-bond acceptors (Lipinski definition) is 3. The molecule has 1 aromatic heterocycles. The highest BCUT2D eigenvalue weighted by Gasteiger charge is 2.30. The quantitative estimate of drug-likeness (QED) is 0.922. The molecule has 3 rings (SSSR count). The van der Waals surface area contributed by atoms with Crippen LogP contribution in [-0.2, 0) is 6.42 Å². The van der Waals surface area contributed by atoms with Crippen molar-refractivity contribution in [1.82, 2.24) is 9.78 Å². The molecule has 0 bridgehead atoms. The van der Waals surface area contributed by atoms with Gasteiger partial charge in [0.25, 0.3) is 0 Å². The summed E-state index contributed by atoms with van der Waals surface area (Å²) in [5.41, 5.74) is 8.83. The molecule has 0 radical (unpaired) electrons. The molecule has 1 aliphatic rings. The Morgan fingerprint density at radius 1 is 1.38 bits per heavy atom. The smallest absolute Gasteiger partial charge is 0.122 e. The van der Waals surface area contributed by atoms with Gasteiger partial charge in [-0.2, -0.15) is 5.10 Å². The number of nitrogens with two attached hydrogens (primary N) is 1. The Hall–Kier alpha value is -1.33. The Kier molecular flexibility index (Phi) is 4.04. The van der Waals surface area contributed by atoms with Crippen LogP contribution in [0.1, 0.15) is 37.2 Å². The minimum absolute atomic E-state index is 0.0994. The van der Waals surface area contributed by atoms with E-state index in [0.717, 1.165) is 22.3 Å². The summed E-state index contributed by atoms with van der Waals surface area (Å²) in [6, 6.07) is 8.37. The van der Waals surface area contributed by atoms with Gasteiger partial charge >= 0.3 is 0 Å². The zero-order chi connectivity index (χ0) is 15.0. The van der Waals surface area contributed by atoms with Crippen LogP contribution in [0.25, 0.3) is 0 Å². The minimum Gasteiger partial charge on any atom is -0.493 e. The lowest BCUT2D eigenvalue weighted by atomic mass is 9.89. The van der Waals surface area contributed by atoms with Crippen molar-refractivity contribution in [3.05, 3.63) is 46.2 Å². The molecule has 1 aromatic carbocycles. The van der Waals surface area contributed by atoms with Crippen molar-refractivity contribution in [3.8, 4) is 5.75 Å². The molecule has 4 nitrogen and oxygen atoms in total. The largest absolute Gasteiger partial charge is 0.493 e. The molecule has 0 aliphatic carbocycles. The van der Waals surface area contributed by atoms with Gasteiger partial charge in [-0.3, -0.25) is 4.68 Å². The molecule has 2 N–H and O–H groups in total. The van der Waals surface area contributed by atoms with E-state index in [2.05, 4.69) is 40.9 Å². The van der Waals surface area contributed by atoms with E-state index in [-0.39, 0.29) is 18.0 Å². The Labute approximate surface area is 133 Å². The lowest BCUT2D eigenvalue weighted by Crippen LogP contribution is -2.33. The van der Waals surface area contributed by atoms with E-state index >= 15 is 0 Å². The Morgan fingerprint density at radius 3 is 2.90 bits per heavy atom. The van der Waals surface area contributed by atoms with Crippen LogP contribution >= 0.6 is 15.9 Å². The first kappa shape index (κ1) is 14.6. The number of rotatable bonds is 3. The zero-order valence-corrected chi connectivity index (χ0v) is 13.9. The highest BCUT2D eigenvalue weighted by molar-refractivity contribution is 9.10. The number of para-hydroxylation sites is 1. The highest BCUT2D eigenvalue weighted by atomic mass is 79.9. The van der Waals surface area contributed by atoms with Gasteiger partial charge in [-0.05, 0) is 47.8 Å². The lowest BCUT2D eigenvalue weighted by Gasteiger charge is -2.30. The third kappa shape index (κ3) is 2.72. The molecule has 2 aromatic rings. The van der Waals surface area contributed by atoms with Gasteiger partial charge in [0, 0.05) is 12.0 Å². The molecule has 0 amide bonds. The summed E-state index contributed by atoms with van der Waals surface area (Å²) in [6.07, 6.45) is 2.76. The first-order valence-corrected chi connectivity index (χ1v) is 8.06. The molecule has 0 saturated heterocycles. The summed E-state index contributed by atoms with van der Waals surface area (Å²) in [5, 5.41) is 4.42. The zero-order valence-electron chi connectivity index (χ0n) is 12.3. The molecule has 0 fully saturated rings. The van der Waals surface area contributed by atoms with Gasteiger partial charge < -0.3 is 10.5 Å². The Balaban J connectivity index is 1.87. The number of benzene rings is 1. The fourth-order valence-corrected chi connectivity index (χ4v) is 3.42. The standard InChI is InChI=1S/C16H20BrN3O/c1-10(2)20-16(13(17)8-19-20)15(18)12-7-11-5-3-4-6-14(11)21-9-12/h3-6,8,10,12,15H,7,9,18H2,1-2H3. The molecular weight excluding hydrogens is 330 g/mol. The van der Waals surface area contributed by atoms with Crippen LogP contribution in [0.5, 0.6) is 5.75 Å². The number of hydrogen-bond donors (Lipinski definition) is 1.